The van der Waals surface area contributed by atoms with Crippen LogP contribution in [0.25, 0.3) is 0 Å². The van der Waals surface area contributed by atoms with Gasteiger partial charge in [0.2, 0.25) is 0 Å². The number of carbonyl (C=O) groups is 1. The van der Waals surface area contributed by atoms with Crippen LogP contribution in [0.1, 0.15) is 78.6 Å². The summed E-state index contributed by atoms with van der Waals surface area (Å²) in [4.78, 5) is 15.2. The van der Waals surface area contributed by atoms with Crippen molar-refractivity contribution in [3.05, 3.63) is 75.5 Å². The van der Waals surface area contributed by atoms with Gasteiger partial charge in [-0.15, -0.1) is 0 Å². The predicted octanol–water partition coefficient (Wildman–Crippen LogP) is 6.14. The molecule has 1 N–H and O–H groups in total. The van der Waals surface area contributed by atoms with E-state index in [0.717, 1.165) is 37.1 Å². The first kappa shape index (κ1) is 26.8. The summed E-state index contributed by atoms with van der Waals surface area (Å²) in [5.41, 5.74) is 8.42. The molecule has 0 heterocycles. The van der Waals surface area contributed by atoms with E-state index in [1.165, 1.54) is 33.5 Å². The third-order valence-electron chi connectivity index (χ3n) is 6.95. The maximum Gasteiger partial charge on any atom is 0.251 e. The third-order valence-corrected chi connectivity index (χ3v) is 6.95. The van der Waals surface area contributed by atoms with Crippen LogP contribution in [0.2, 0.25) is 0 Å². The van der Waals surface area contributed by atoms with Crippen LogP contribution >= 0.6 is 0 Å². The van der Waals surface area contributed by atoms with Gasteiger partial charge in [-0.3, -0.25) is 4.79 Å². The maximum atomic E-state index is 12.8. The number of nitrogens with one attached hydrogen (secondary N) is 1. The first-order valence-electron chi connectivity index (χ1n) is 12.8. The summed E-state index contributed by atoms with van der Waals surface area (Å²) < 4.78 is 11.0. The lowest BCUT2D eigenvalue weighted by atomic mass is 10.0. The van der Waals surface area contributed by atoms with E-state index in [2.05, 4.69) is 76.1 Å². The summed E-state index contributed by atoms with van der Waals surface area (Å²) >= 11 is 0. The van der Waals surface area contributed by atoms with Crippen molar-refractivity contribution in [3.63, 3.8) is 0 Å². The number of benzene rings is 2. The molecule has 0 aromatic heterocycles. The quantitative estimate of drug-likeness (QED) is 0.372. The highest BCUT2D eigenvalue weighted by atomic mass is 16.5. The molecule has 1 fully saturated rings. The smallest absolute Gasteiger partial charge is 0.251 e. The van der Waals surface area contributed by atoms with E-state index in [4.69, 9.17) is 9.47 Å². The summed E-state index contributed by atoms with van der Waals surface area (Å²) in [6.45, 7) is 12.8. The van der Waals surface area contributed by atoms with Crippen LogP contribution in [0.3, 0.4) is 0 Å². The van der Waals surface area contributed by atoms with Gasteiger partial charge in [0.15, 0.2) is 0 Å². The fourth-order valence-corrected chi connectivity index (χ4v) is 4.48. The van der Waals surface area contributed by atoms with Gasteiger partial charge in [-0.05, 0) is 78.6 Å². The van der Waals surface area contributed by atoms with Crippen molar-refractivity contribution in [2.24, 2.45) is 0 Å². The average Bonchev–Trinajstić information content (AvgIpc) is 3.60. The Balaban J connectivity index is 1.67. The molecular formula is C30H42N2O3. The Hall–Kier alpha value is -2.79. The monoisotopic (exact) mass is 478 g/mol. The predicted molar refractivity (Wildman–Crippen MR) is 143 cm³/mol. The molecule has 2 aromatic rings. The largest absolute Gasteiger partial charge is 0.491 e. The zero-order chi connectivity index (χ0) is 25.5. The highest BCUT2D eigenvalue weighted by Crippen LogP contribution is 2.37. The van der Waals surface area contributed by atoms with E-state index in [1.54, 1.807) is 7.11 Å². The third kappa shape index (κ3) is 6.88. The highest BCUT2D eigenvalue weighted by Gasteiger charge is 2.35. The van der Waals surface area contributed by atoms with Crippen LogP contribution in [0, 0.1) is 13.8 Å². The molecule has 1 saturated carbocycles. The first-order valence-corrected chi connectivity index (χ1v) is 12.8. The van der Waals surface area contributed by atoms with Gasteiger partial charge in [-0.25, -0.2) is 0 Å². The van der Waals surface area contributed by atoms with Crippen molar-refractivity contribution in [3.8, 4) is 5.75 Å². The average molecular weight is 479 g/mol. The van der Waals surface area contributed by atoms with Gasteiger partial charge in [-0.1, -0.05) is 45.4 Å². The summed E-state index contributed by atoms with van der Waals surface area (Å²) in [7, 11) is 3.85. The van der Waals surface area contributed by atoms with Gasteiger partial charge >= 0.3 is 0 Å². The van der Waals surface area contributed by atoms with E-state index in [9.17, 15) is 4.79 Å². The first-order chi connectivity index (χ1) is 16.8. The van der Waals surface area contributed by atoms with Crippen LogP contribution in [0.4, 0.5) is 0 Å². The van der Waals surface area contributed by atoms with Crippen molar-refractivity contribution < 1.29 is 14.3 Å². The molecule has 0 saturated heterocycles. The Morgan fingerprint density at radius 2 is 1.80 bits per heavy atom. The SMILES string of the molecule is CCC/C(=C1/CC1NC(=O)c1ccc(C(C)C)cc1)N(C)Cc1ccc(OCCOC)c(C)c1C. The Morgan fingerprint density at radius 3 is 2.43 bits per heavy atom. The molecule has 2 aromatic carbocycles. The Kier molecular flexibility index (Phi) is 9.39. The molecule has 5 nitrogen and oxygen atoms in total. The van der Waals surface area contributed by atoms with Gasteiger partial charge in [-0.2, -0.15) is 0 Å². The number of hydrogen-bond acceptors (Lipinski definition) is 4. The highest BCUT2D eigenvalue weighted by molar-refractivity contribution is 5.95. The fraction of sp³-hybridized carbons (Fsp3) is 0.500. The number of ether oxygens (including phenoxy) is 2. The Morgan fingerprint density at radius 1 is 1.09 bits per heavy atom. The maximum absolute atomic E-state index is 12.8. The van der Waals surface area contributed by atoms with E-state index in [-0.39, 0.29) is 11.9 Å². The van der Waals surface area contributed by atoms with Gasteiger partial charge < -0.3 is 19.7 Å². The summed E-state index contributed by atoms with van der Waals surface area (Å²) in [5.74, 6) is 1.39. The molecule has 0 radical (unpaired) electrons. The lowest BCUT2D eigenvalue weighted by molar-refractivity contribution is 0.0952. The van der Waals surface area contributed by atoms with E-state index < -0.39 is 0 Å². The molecule has 3 rings (SSSR count). The van der Waals surface area contributed by atoms with E-state index in [0.29, 0.717) is 19.1 Å². The molecule has 1 atom stereocenters. The number of allylic oxidation sites excluding steroid dienone is 1. The Labute approximate surface area is 211 Å². The van der Waals surface area contributed by atoms with Crippen molar-refractivity contribution in [1.82, 2.24) is 10.2 Å². The van der Waals surface area contributed by atoms with E-state index >= 15 is 0 Å². The van der Waals surface area contributed by atoms with Crippen molar-refractivity contribution in [2.75, 3.05) is 27.4 Å². The minimum atomic E-state index is 0.00865. The van der Waals surface area contributed by atoms with Gasteiger partial charge in [0, 0.05) is 32.0 Å². The minimum absolute atomic E-state index is 0.00865. The van der Waals surface area contributed by atoms with Crippen LogP contribution in [0.15, 0.2) is 47.7 Å². The summed E-state index contributed by atoms with van der Waals surface area (Å²) in [5, 5.41) is 3.23. The molecule has 35 heavy (non-hydrogen) atoms. The second-order valence-electron chi connectivity index (χ2n) is 9.90. The van der Waals surface area contributed by atoms with Crippen LogP contribution in [0.5, 0.6) is 5.75 Å². The minimum Gasteiger partial charge on any atom is -0.491 e. The zero-order valence-electron chi connectivity index (χ0n) is 22.5. The molecule has 1 aliphatic rings. The normalized spacial score (nSPS) is 16.3. The van der Waals surface area contributed by atoms with Gasteiger partial charge in [0.25, 0.3) is 5.91 Å². The van der Waals surface area contributed by atoms with Crippen molar-refractivity contribution in [2.45, 2.75) is 72.4 Å². The van der Waals surface area contributed by atoms with Gasteiger partial charge in [0.05, 0.1) is 12.6 Å². The Bertz CT molecular complexity index is 1040. The summed E-state index contributed by atoms with van der Waals surface area (Å²) in [6, 6.07) is 12.3. The molecule has 1 unspecified atom stereocenters. The molecule has 190 valence electrons. The lowest BCUT2D eigenvalue weighted by Crippen LogP contribution is -2.26. The fourth-order valence-electron chi connectivity index (χ4n) is 4.48. The number of carbonyl (C=O) groups excluding carboxylic acids is 1. The number of methoxy groups -OCH3 is 1. The summed E-state index contributed by atoms with van der Waals surface area (Å²) in [6.07, 6.45) is 3.02. The molecule has 5 heteroatoms. The molecule has 0 spiro atoms. The van der Waals surface area contributed by atoms with Gasteiger partial charge in [0.1, 0.15) is 12.4 Å². The molecular weight excluding hydrogens is 436 g/mol. The molecule has 0 bridgehead atoms. The number of hydrogen-bond donors (Lipinski definition) is 1. The molecule has 1 aliphatic carbocycles. The number of amides is 1. The molecule has 0 aliphatic heterocycles. The topological polar surface area (TPSA) is 50.8 Å². The number of nitrogens with zero attached hydrogens (tertiary/aromatic N) is 1. The standard InChI is InChI=1S/C30H42N2O3/c1-8-9-28(26-18-27(26)31-30(33)24-12-10-23(11-13-24)20(2)3)32(6)19-25-14-15-29(22(5)21(25)4)35-17-16-34-7/h10-15,20,27H,8-9,16-19H2,1-7H3,(H,31,33)/b28-26+. The van der Waals surface area contributed by atoms with E-state index in [1.807, 2.05) is 12.1 Å². The second-order valence-corrected chi connectivity index (χ2v) is 9.90. The van der Waals surface area contributed by atoms with Crippen molar-refractivity contribution >= 4 is 5.91 Å². The number of rotatable bonds is 12. The van der Waals surface area contributed by atoms with Crippen molar-refractivity contribution in [1.29, 1.82) is 0 Å². The second kappa shape index (κ2) is 12.3. The van der Waals surface area contributed by atoms with Crippen LogP contribution in [-0.2, 0) is 11.3 Å². The van der Waals surface area contributed by atoms with Crippen LogP contribution < -0.4 is 10.1 Å². The lowest BCUT2D eigenvalue weighted by Gasteiger charge is -2.25. The zero-order valence-corrected chi connectivity index (χ0v) is 22.5. The molecule has 1 amide bonds. The van der Waals surface area contributed by atoms with Crippen LogP contribution in [-0.4, -0.2) is 44.2 Å².